The molecule has 1 heterocycles. The first-order valence-electron chi connectivity index (χ1n) is 3.62. The fraction of sp³-hybridized carbons (Fsp3) is 0.250. The van der Waals surface area contributed by atoms with E-state index in [0.29, 0.717) is 0 Å². The Kier molecular flexibility index (Phi) is 2.73. The van der Waals surface area contributed by atoms with Crippen LogP contribution in [0.25, 0.3) is 0 Å². The summed E-state index contributed by atoms with van der Waals surface area (Å²) in [6, 6.07) is 0.910. The second-order valence-corrected chi connectivity index (χ2v) is 2.63. The van der Waals surface area contributed by atoms with Crippen molar-refractivity contribution in [1.82, 2.24) is 4.98 Å². The van der Waals surface area contributed by atoms with Crippen molar-refractivity contribution in [2.75, 3.05) is 0 Å². The molecule has 0 aliphatic carbocycles. The summed E-state index contributed by atoms with van der Waals surface area (Å²) >= 11 is 0. The molecule has 1 aromatic rings. The molecule has 0 aromatic carbocycles. The fourth-order valence-electron chi connectivity index (χ4n) is 1.02. The van der Waals surface area contributed by atoms with Gasteiger partial charge in [-0.25, -0.2) is 18.6 Å². The number of aromatic carboxylic acids is 1. The van der Waals surface area contributed by atoms with Gasteiger partial charge in [-0.1, -0.05) is 0 Å². The molecule has 0 unspecified atom stereocenters. The van der Waals surface area contributed by atoms with Gasteiger partial charge in [0, 0.05) is 0 Å². The molecular weight excluding hydrogens is 199 g/mol. The van der Waals surface area contributed by atoms with Crippen LogP contribution in [0.15, 0.2) is 6.07 Å². The average Bonchev–Trinajstić information content (AvgIpc) is 2.01. The van der Waals surface area contributed by atoms with Gasteiger partial charge in [0.05, 0.1) is 5.56 Å². The third-order valence-corrected chi connectivity index (χ3v) is 1.66. The highest BCUT2D eigenvalue weighted by atomic mass is 19.3. The van der Waals surface area contributed by atoms with Crippen molar-refractivity contribution in [1.29, 1.82) is 0 Å². The molecule has 0 spiro atoms. The Balaban J connectivity index is 3.32. The Hall–Kier alpha value is -1.59. The summed E-state index contributed by atoms with van der Waals surface area (Å²) in [6.07, 6.45) is -3.00. The van der Waals surface area contributed by atoms with Crippen LogP contribution in [0.4, 0.5) is 13.2 Å². The molecule has 0 radical (unpaired) electrons. The van der Waals surface area contributed by atoms with Gasteiger partial charge in [-0.05, 0) is 18.6 Å². The minimum atomic E-state index is -3.00. The number of aryl methyl sites for hydroxylation is 1. The fourth-order valence-corrected chi connectivity index (χ4v) is 1.02. The molecule has 1 N–H and O–H groups in total. The molecule has 6 heteroatoms. The van der Waals surface area contributed by atoms with Gasteiger partial charge in [0.2, 0.25) is 5.95 Å². The van der Waals surface area contributed by atoms with E-state index in [2.05, 4.69) is 4.98 Å². The van der Waals surface area contributed by atoms with Gasteiger partial charge in [-0.3, -0.25) is 0 Å². The molecule has 0 atom stereocenters. The van der Waals surface area contributed by atoms with Crippen LogP contribution < -0.4 is 0 Å². The molecule has 0 aliphatic heterocycles. The summed E-state index contributed by atoms with van der Waals surface area (Å²) in [6.45, 7) is 1.21. The maximum absolute atomic E-state index is 12.9. The summed E-state index contributed by atoms with van der Waals surface area (Å²) in [5.41, 5.74) is -1.55. The van der Waals surface area contributed by atoms with Crippen LogP contribution >= 0.6 is 0 Å². The highest BCUT2D eigenvalue weighted by Gasteiger charge is 2.20. The van der Waals surface area contributed by atoms with E-state index in [0.717, 1.165) is 6.07 Å². The summed E-state index contributed by atoms with van der Waals surface area (Å²) < 4.78 is 37.3. The van der Waals surface area contributed by atoms with Crippen LogP contribution in [-0.2, 0) is 0 Å². The second kappa shape index (κ2) is 3.65. The molecule has 0 bridgehead atoms. The number of rotatable bonds is 2. The van der Waals surface area contributed by atoms with E-state index >= 15 is 0 Å². The zero-order valence-electron chi connectivity index (χ0n) is 7.09. The smallest absolute Gasteiger partial charge is 0.354 e. The highest BCUT2D eigenvalue weighted by Crippen LogP contribution is 2.24. The number of nitrogens with zero attached hydrogens (tertiary/aromatic N) is 1. The van der Waals surface area contributed by atoms with Crippen LogP contribution in [0.5, 0.6) is 0 Å². The predicted molar refractivity (Wildman–Crippen MR) is 40.8 cm³/mol. The van der Waals surface area contributed by atoms with E-state index in [9.17, 15) is 18.0 Å². The predicted octanol–water partition coefficient (Wildman–Crippen LogP) is 2.16. The maximum atomic E-state index is 12.9. The molecular formula is C8H6F3NO2. The lowest BCUT2D eigenvalue weighted by Crippen LogP contribution is -2.07. The van der Waals surface area contributed by atoms with Crippen LogP contribution in [0, 0.1) is 12.9 Å². The van der Waals surface area contributed by atoms with Crippen LogP contribution in [-0.4, -0.2) is 16.1 Å². The monoisotopic (exact) mass is 205 g/mol. The lowest BCUT2D eigenvalue weighted by Gasteiger charge is -2.05. The minimum Gasteiger partial charge on any atom is -0.477 e. The van der Waals surface area contributed by atoms with Gasteiger partial charge in [-0.2, -0.15) is 4.39 Å². The molecule has 3 nitrogen and oxygen atoms in total. The molecule has 0 saturated carbocycles. The average molecular weight is 205 g/mol. The lowest BCUT2D eigenvalue weighted by molar-refractivity contribution is 0.0687. The van der Waals surface area contributed by atoms with Gasteiger partial charge in [-0.15, -0.1) is 0 Å². The summed E-state index contributed by atoms with van der Waals surface area (Å²) in [5, 5.41) is 8.45. The van der Waals surface area contributed by atoms with Gasteiger partial charge < -0.3 is 5.11 Å². The molecule has 0 aliphatic rings. The largest absolute Gasteiger partial charge is 0.477 e. The van der Waals surface area contributed by atoms with E-state index in [1.807, 2.05) is 0 Å². The summed E-state index contributed by atoms with van der Waals surface area (Å²) in [4.78, 5) is 13.3. The number of alkyl halides is 2. The molecule has 0 saturated heterocycles. The Bertz CT molecular complexity index is 356. The molecule has 1 rings (SSSR count). The Morgan fingerprint density at radius 1 is 1.57 bits per heavy atom. The number of hydrogen-bond donors (Lipinski definition) is 1. The van der Waals surface area contributed by atoms with Crippen LogP contribution in [0.3, 0.4) is 0 Å². The van der Waals surface area contributed by atoms with Crippen molar-refractivity contribution in [2.45, 2.75) is 13.3 Å². The molecule has 76 valence electrons. The SMILES string of the molecule is Cc1cc(C(=O)O)nc(F)c1C(F)F. The van der Waals surface area contributed by atoms with Crippen molar-refractivity contribution in [3.05, 3.63) is 28.8 Å². The first-order valence-corrected chi connectivity index (χ1v) is 3.62. The zero-order chi connectivity index (χ0) is 10.9. The van der Waals surface area contributed by atoms with Gasteiger partial charge >= 0.3 is 5.97 Å². The lowest BCUT2D eigenvalue weighted by atomic mass is 10.1. The normalized spacial score (nSPS) is 10.6. The standard InChI is InChI=1S/C8H6F3NO2/c1-3-2-4(8(13)14)12-7(11)5(3)6(9)10/h2,6H,1H3,(H,13,14). The third-order valence-electron chi connectivity index (χ3n) is 1.66. The van der Waals surface area contributed by atoms with Gasteiger partial charge in [0.25, 0.3) is 6.43 Å². The van der Waals surface area contributed by atoms with Crippen LogP contribution in [0.1, 0.15) is 28.0 Å². The number of hydrogen-bond acceptors (Lipinski definition) is 2. The number of aromatic nitrogens is 1. The Labute approximate surface area is 77.2 Å². The zero-order valence-corrected chi connectivity index (χ0v) is 7.09. The van der Waals surface area contributed by atoms with E-state index in [-0.39, 0.29) is 5.56 Å². The third kappa shape index (κ3) is 1.84. The Morgan fingerprint density at radius 3 is 2.50 bits per heavy atom. The minimum absolute atomic E-state index is 0.120. The molecule has 14 heavy (non-hydrogen) atoms. The van der Waals surface area contributed by atoms with E-state index in [1.54, 1.807) is 0 Å². The number of halogens is 3. The van der Waals surface area contributed by atoms with Crippen molar-refractivity contribution in [2.24, 2.45) is 0 Å². The highest BCUT2D eigenvalue weighted by molar-refractivity contribution is 5.85. The maximum Gasteiger partial charge on any atom is 0.354 e. The van der Waals surface area contributed by atoms with Crippen molar-refractivity contribution < 1.29 is 23.1 Å². The summed E-state index contributed by atoms with van der Waals surface area (Å²) in [5.74, 6) is -2.88. The van der Waals surface area contributed by atoms with Crippen molar-refractivity contribution in [3.8, 4) is 0 Å². The number of carbonyl (C=O) groups is 1. The number of pyridine rings is 1. The van der Waals surface area contributed by atoms with Gasteiger partial charge in [0.15, 0.2) is 5.69 Å². The van der Waals surface area contributed by atoms with E-state index < -0.39 is 29.6 Å². The first-order chi connectivity index (χ1) is 6.43. The molecule has 1 aromatic heterocycles. The second-order valence-electron chi connectivity index (χ2n) is 2.63. The Morgan fingerprint density at radius 2 is 2.14 bits per heavy atom. The number of carboxylic acid groups (broad SMARTS) is 1. The number of carboxylic acids is 1. The quantitative estimate of drug-likeness (QED) is 0.752. The van der Waals surface area contributed by atoms with Crippen LogP contribution in [0.2, 0.25) is 0 Å². The van der Waals surface area contributed by atoms with E-state index in [4.69, 9.17) is 5.11 Å². The molecule has 0 fully saturated rings. The first kappa shape index (κ1) is 10.5. The van der Waals surface area contributed by atoms with Crippen molar-refractivity contribution in [3.63, 3.8) is 0 Å². The topological polar surface area (TPSA) is 50.2 Å². The van der Waals surface area contributed by atoms with Gasteiger partial charge in [0.1, 0.15) is 0 Å². The van der Waals surface area contributed by atoms with E-state index in [1.165, 1.54) is 6.92 Å². The molecule has 0 amide bonds. The van der Waals surface area contributed by atoms with Crippen molar-refractivity contribution >= 4 is 5.97 Å². The summed E-state index contributed by atoms with van der Waals surface area (Å²) in [7, 11) is 0.